The number of thiocarbonyl (C=S) groups is 1. The molecule has 1 fully saturated rings. The van der Waals surface area contributed by atoms with Gasteiger partial charge < -0.3 is 15.4 Å². The van der Waals surface area contributed by atoms with Gasteiger partial charge in [0.2, 0.25) is 15.8 Å². The quantitative estimate of drug-likeness (QED) is 0.386. The maximum Gasteiger partial charge on any atom is 0.306 e. The number of benzene rings is 2. The van der Waals surface area contributed by atoms with Crippen molar-refractivity contribution < 1.29 is 22.5 Å². The molecule has 0 saturated carbocycles. The zero-order chi connectivity index (χ0) is 21.9. The van der Waals surface area contributed by atoms with Crippen molar-refractivity contribution in [1.82, 2.24) is 4.31 Å². The summed E-state index contributed by atoms with van der Waals surface area (Å²) in [6, 6.07) is 7.35. The molecule has 9 nitrogen and oxygen atoms in total. The summed E-state index contributed by atoms with van der Waals surface area (Å²) in [7, 11) is -3.74. The predicted molar refractivity (Wildman–Crippen MR) is 114 cm³/mol. The van der Waals surface area contributed by atoms with Crippen LogP contribution >= 0.6 is 23.8 Å². The van der Waals surface area contributed by atoms with Crippen molar-refractivity contribution >= 4 is 56.0 Å². The molecule has 160 valence electrons. The van der Waals surface area contributed by atoms with Crippen LogP contribution in [0.3, 0.4) is 0 Å². The Morgan fingerprint density at radius 3 is 2.57 bits per heavy atom. The zero-order valence-electron chi connectivity index (χ0n) is 15.3. The molecule has 0 atom stereocenters. The molecule has 2 N–H and O–H groups in total. The zero-order valence-corrected chi connectivity index (χ0v) is 17.7. The summed E-state index contributed by atoms with van der Waals surface area (Å²) in [5, 5.41) is 16.5. The Balaban J connectivity index is 1.78. The van der Waals surface area contributed by atoms with Gasteiger partial charge in [-0.25, -0.2) is 8.42 Å². The molecule has 0 spiro atoms. The van der Waals surface area contributed by atoms with Crippen molar-refractivity contribution in [1.29, 1.82) is 0 Å². The van der Waals surface area contributed by atoms with E-state index in [-0.39, 0.29) is 39.5 Å². The highest BCUT2D eigenvalue weighted by Gasteiger charge is 2.27. The fraction of sp³-hybridized carbons (Fsp3) is 0.235. The van der Waals surface area contributed by atoms with E-state index in [1.165, 1.54) is 28.6 Å². The minimum absolute atomic E-state index is 0.0151. The van der Waals surface area contributed by atoms with Crippen molar-refractivity contribution in [3.05, 3.63) is 57.4 Å². The fourth-order valence-electron chi connectivity index (χ4n) is 2.71. The number of morpholine rings is 1. The largest absolute Gasteiger partial charge is 0.379 e. The van der Waals surface area contributed by atoms with Gasteiger partial charge in [-0.1, -0.05) is 11.6 Å². The van der Waals surface area contributed by atoms with Crippen molar-refractivity contribution in [2.45, 2.75) is 4.90 Å². The second-order valence-corrected chi connectivity index (χ2v) is 8.91. The van der Waals surface area contributed by atoms with Crippen LogP contribution in [-0.2, 0) is 14.8 Å². The summed E-state index contributed by atoms with van der Waals surface area (Å²) >= 11 is 11.3. The van der Waals surface area contributed by atoms with Gasteiger partial charge in [0.25, 0.3) is 0 Å². The SMILES string of the molecule is O=[N+]([O-])c1cc(NC(=S)Nc2cc(S(=O)(=O)N3CCOCC3)ccc2Cl)ccc1F. The van der Waals surface area contributed by atoms with E-state index in [1.54, 1.807) is 0 Å². The summed E-state index contributed by atoms with van der Waals surface area (Å²) in [5.74, 6) is -0.978. The Morgan fingerprint density at radius 1 is 1.20 bits per heavy atom. The molecule has 3 rings (SSSR count). The third-order valence-corrected chi connectivity index (χ3v) is 6.62. The van der Waals surface area contributed by atoms with Gasteiger partial charge in [-0.05, 0) is 42.5 Å². The smallest absolute Gasteiger partial charge is 0.306 e. The van der Waals surface area contributed by atoms with Crippen LogP contribution in [0.2, 0.25) is 5.02 Å². The Hall–Kier alpha value is -2.38. The summed E-state index contributed by atoms with van der Waals surface area (Å²) in [6.07, 6.45) is 0. The number of nitrogens with zero attached hydrogens (tertiary/aromatic N) is 2. The highest BCUT2D eigenvalue weighted by atomic mass is 35.5. The first kappa shape index (κ1) is 22.3. The first-order valence-corrected chi connectivity index (χ1v) is 10.8. The number of nitro groups is 1. The minimum Gasteiger partial charge on any atom is -0.379 e. The van der Waals surface area contributed by atoms with Crippen molar-refractivity contribution in [3.8, 4) is 0 Å². The maximum atomic E-state index is 13.5. The minimum atomic E-state index is -3.74. The number of ether oxygens (including phenoxy) is 1. The highest BCUT2D eigenvalue weighted by Crippen LogP contribution is 2.28. The Bertz CT molecular complexity index is 1090. The van der Waals surface area contributed by atoms with Gasteiger partial charge in [0.15, 0.2) is 5.11 Å². The molecule has 2 aromatic rings. The van der Waals surface area contributed by atoms with Gasteiger partial charge in [0, 0.05) is 24.8 Å². The molecule has 0 bridgehead atoms. The number of sulfonamides is 1. The van der Waals surface area contributed by atoms with Crippen LogP contribution in [-0.4, -0.2) is 49.1 Å². The van der Waals surface area contributed by atoms with Gasteiger partial charge in [-0.3, -0.25) is 10.1 Å². The Morgan fingerprint density at radius 2 is 1.90 bits per heavy atom. The lowest BCUT2D eigenvalue weighted by atomic mass is 10.2. The van der Waals surface area contributed by atoms with Crippen LogP contribution in [0, 0.1) is 15.9 Å². The number of anilines is 2. The standard InChI is InChI=1S/C17H16ClFN4O5S2/c18-13-3-2-12(30(26,27)22-5-7-28-8-6-22)10-15(13)21-17(29)20-11-1-4-14(19)16(9-11)23(24)25/h1-4,9-10H,5-8H2,(H2,20,21,29). The average Bonchev–Trinajstić information content (AvgIpc) is 2.71. The molecule has 2 aromatic carbocycles. The van der Waals surface area contributed by atoms with Crippen LogP contribution in [0.15, 0.2) is 41.3 Å². The van der Waals surface area contributed by atoms with E-state index >= 15 is 0 Å². The molecular weight excluding hydrogens is 459 g/mol. The fourth-order valence-corrected chi connectivity index (χ4v) is 4.54. The summed E-state index contributed by atoms with van der Waals surface area (Å²) in [4.78, 5) is 10.0. The number of nitrogens with one attached hydrogen (secondary N) is 2. The molecule has 30 heavy (non-hydrogen) atoms. The first-order chi connectivity index (χ1) is 14.2. The third kappa shape index (κ3) is 5.02. The van der Waals surface area contributed by atoms with Crippen molar-refractivity contribution in [2.24, 2.45) is 0 Å². The molecule has 0 aliphatic carbocycles. The van der Waals surface area contributed by atoms with Crippen LogP contribution in [0.1, 0.15) is 0 Å². The van der Waals surface area contributed by atoms with Gasteiger partial charge in [-0.15, -0.1) is 0 Å². The van der Waals surface area contributed by atoms with Gasteiger partial charge in [0.05, 0.1) is 33.7 Å². The topological polar surface area (TPSA) is 114 Å². The van der Waals surface area contributed by atoms with Crippen LogP contribution in [0.25, 0.3) is 0 Å². The first-order valence-electron chi connectivity index (χ1n) is 8.58. The molecule has 1 aliphatic heterocycles. The van der Waals surface area contributed by atoms with Gasteiger partial charge in [0.1, 0.15) is 0 Å². The third-order valence-electron chi connectivity index (χ3n) is 4.19. The Labute approximate surface area is 182 Å². The van der Waals surface area contributed by atoms with Gasteiger partial charge in [-0.2, -0.15) is 8.70 Å². The number of rotatable bonds is 5. The monoisotopic (exact) mass is 474 g/mol. The number of hydrogen-bond acceptors (Lipinski definition) is 6. The van der Waals surface area contributed by atoms with E-state index in [1.807, 2.05) is 0 Å². The molecule has 13 heteroatoms. The van der Waals surface area contributed by atoms with E-state index in [2.05, 4.69) is 10.6 Å². The molecule has 0 amide bonds. The number of nitro benzene ring substituents is 1. The maximum absolute atomic E-state index is 13.5. The number of halogens is 2. The van der Waals surface area contributed by atoms with E-state index in [0.717, 1.165) is 12.1 Å². The van der Waals surface area contributed by atoms with Gasteiger partial charge >= 0.3 is 5.69 Å². The second kappa shape index (κ2) is 9.18. The lowest BCUT2D eigenvalue weighted by Gasteiger charge is -2.26. The van der Waals surface area contributed by atoms with E-state index in [4.69, 9.17) is 28.6 Å². The van der Waals surface area contributed by atoms with Crippen LogP contribution in [0.4, 0.5) is 21.5 Å². The highest BCUT2D eigenvalue weighted by molar-refractivity contribution is 7.89. The van der Waals surface area contributed by atoms with E-state index < -0.39 is 26.5 Å². The predicted octanol–water partition coefficient (Wildman–Crippen LogP) is 3.22. The number of hydrogen-bond donors (Lipinski definition) is 2. The normalized spacial score (nSPS) is 14.9. The molecule has 0 aromatic heterocycles. The Kier molecular flexibility index (Phi) is 6.83. The summed E-state index contributed by atoms with van der Waals surface area (Å²) in [5.41, 5.74) is -0.312. The average molecular weight is 475 g/mol. The van der Waals surface area contributed by atoms with E-state index in [0.29, 0.717) is 13.2 Å². The molecule has 1 aliphatic rings. The lowest BCUT2D eigenvalue weighted by molar-refractivity contribution is -0.387. The van der Waals surface area contributed by atoms with Crippen LogP contribution in [0.5, 0.6) is 0 Å². The lowest BCUT2D eigenvalue weighted by Crippen LogP contribution is -2.40. The summed E-state index contributed by atoms with van der Waals surface area (Å²) in [6.45, 7) is 1.12. The van der Waals surface area contributed by atoms with Crippen molar-refractivity contribution in [2.75, 3.05) is 36.9 Å². The molecule has 1 heterocycles. The second-order valence-electron chi connectivity index (χ2n) is 6.16. The molecule has 1 saturated heterocycles. The van der Waals surface area contributed by atoms with E-state index in [9.17, 15) is 22.9 Å². The van der Waals surface area contributed by atoms with Crippen molar-refractivity contribution in [3.63, 3.8) is 0 Å². The summed E-state index contributed by atoms with van der Waals surface area (Å²) < 4.78 is 45.6. The molecule has 0 unspecified atom stereocenters. The molecule has 0 radical (unpaired) electrons. The molecular formula is C17H16ClFN4O5S2. The van der Waals surface area contributed by atoms with Crippen LogP contribution < -0.4 is 10.6 Å².